The van der Waals surface area contributed by atoms with E-state index in [1.807, 2.05) is 6.92 Å². The van der Waals surface area contributed by atoms with Gasteiger partial charge in [0.05, 0.1) is 12.3 Å². The van der Waals surface area contributed by atoms with Gasteiger partial charge in [0.1, 0.15) is 5.66 Å². The van der Waals surface area contributed by atoms with Crippen molar-refractivity contribution in [3.05, 3.63) is 0 Å². The Hall–Kier alpha value is 0.0800. The third-order valence-corrected chi connectivity index (χ3v) is 6.91. The molecule has 3 aliphatic rings. The maximum atomic E-state index is 12.4. The Morgan fingerprint density at radius 2 is 1.73 bits per heavy atom. The number of hydrogen-bond donors (Lipinski definition) is 2. The number of nitrogens with one attached hydrogen (secondary N) is 2. The maximum absolute atomic E-state index is 12.4. The lowest BCUT2D eigenvalue weighted by Gasteiger charge is -2.48. The average Bonchev–Trinajstić information content (AvgIpc) is 3.20. The third-order valence-electron chi connectivity index (χ3n) is 5.62. The van der Waals surface area contributed by atoms with Crippen LogP contribution in [0.1, 0.15) is 53.9 Å². The summed E-state index contributed by atoms with van der Waals surface area (Å²) in [5.41, 5.74) is -0.0165. The lowest BCUT2D eigenvalue weighted by atomic mass is 9.63. The molecule has 0 radical (unpaired) electrons. The highest BCUT2D eigenvalue weighted by molar-refractivity contribution is 14.1. The highest BCUT2D eigenvalue weighted by Gasteiger charge is 2.80. The maximum Gasteiger partial charge on any atom is 0.327 e. The lowest BCUT2D eigenvalue weighted by Crippen LogP contribution is -2.49. The van der Waals surface area contributed by atoms with Gasteiger partial charge in [0.2, 0.25) is 0 Å². The molecule has 6 heteroatoms. The van der Waals surface area contributed by atoms with Gasteiger partial charge in [-0.1, -0.05) is 56.7 Å². The van der Waals surface area contributed by atoms with Crippen LogP contribution in [0.15, 0.2) is 0 Å². The Kier molecular flexibility index (Phi) is 3.87. The Labute approximate surface area is 146 Å². The second-order valence-electron chi connectivity index (χ2n) is 8.46. The molecule has 0 aromatic rings. The number of carbonyl (C=O) groups excluding carboxylic acids is 1. The predicted molar refractivity (Wildman–Crippen MR) is 92.5 cm³/mol. The predicted octanol–water partition coefficient (Wildman–Crippen LogP) is 2.53. The number of rotatable bonds is 5. The highest BCUT2D eigenvalue weighted by Crippen LogP contribution is 2.52. The van der Waals surface area contributed by atoms with E-state index in [1.165, 1.54) is 6.42 Å². The van der Waals surface area contributed by atoms with Gasteiger partial charge in [0, 0.05) is 0 Å². The zero-order valence-electron chi connectivity index (χ0n) is 14.1. The summed E-state index contributed by atoms with van der Waals surface area (Å²) in [4.78, 5) is 12.4. The van der Waals surface area contributed by atoms with Gasteiger partial charge in [0.15, 0.2) is 10.2 Å². The molecule has 3 rings (SSSR count). The average molecular weight is 422 g/mol. The molecule has 0 bridgehead atoms. The molecule has 1 aliphatic carbocycles. The number of carbonyl (C=O) groups is 1. The van der Waals surface area contributed by atoms with Crippen LogP contribution in [-0.4, -0.2) is 34.1 Å². The Morgan fingerprint density at radius 3 is 2.18 bits per heavy atom. The molecule has 2 saturated heterocycles. The standard InChI is InChI=1S/C16H27IN2O3/c1-13(2)7-6-8-14(3,4)10(13)21-9-22-12(20)15(5,17)16-11(18-16)19-16/h10-11,18-19H,6-9H2,1-5H3. The smallest absolute Gasteiger partial charge is 0.327 e. The van der Waals surface area contributed by atoms with Crippen molar-refractivity contribution in [1.29, 1.82) is 0 Å². The quantitative estimate of drug-likeness (QED) is 0.234. The van der Waals surface area contributed by atoms with Crippen LogP contribution in [0, 0.1) is 10.8 Å². The van der Waals surface area contributed by atoms with Crippen LogP contribution in [0.2, 0.25) is 0 Å². The van der Waals surface area contributed by atoms with Crippen LogP contribution in [0.3, 0.4) is 0 Å². The number of fused-ring (bicyclic) bond motifs is 1. The molecule has 0 spiro atoms. The van der Waals surface area contributed by atoms with Crippen molar-refractivity contribution in [3.8, 4) is 0 Å². The Morgan fingerprint density at radius 1 is 1.23 bits per heavy atom. The van der Waals surface area contributed by atoms with Crippen molar-refractivity contribution in [2.75, 3.05) is 6.79 Å². The summed E-state index contributed by atoms with van der Waals surface area (Å²) < 4.78 is 10.9. The largest absolute Gasteiger partial charge is 0.437 e. The van der Waals surface area contributed by atoms with E-state index in [1.54, 1.807) is 0 Å². The highest BCUT2D eigenvalue weighted by atomic mass is 127. The van der Waals surface area contributed by atoms with Crippen LogP contribution in [0.5, 0.6) is 0 Å². The number of ether oxygens (including phenoxy) is 2. The molecule has 2 N–H and O–H groups in total. The Balaban J connectivity index is 1.54. The molecule has 126 valence electrons. The van der Waals surface area contributed by atoms with E-state index in [0.29, 0.717) is 0 Å². The van der Waals surface area contributed by atoms with Gasteiger partial charge in [0.25, 0.3) is 0 Å². The van der Waals surface area contributed by atoms with Crippen LogP contribution in [-0.2, 0) is 14.3 Å². The summed E-state index contributed by atoms with van der Waals surface area (Å²) in [6.45, 7) is 10.9. The van der Waals surface area contributed by atoms with Gasteiger partial charge in [-0.15, -0.1) is 0 Å². The lowest BCUT2D eigenvalue weighted by molar-refractivity contribution is -0.190. The molecule has 2 heterocycles. The zero-order chi connectivity index (χ0) is 16.4. The first-order valence-electron chi connectivity index (χ1n) is 8.06. The molecule has 1 unspecified atom stereocenters. The van der Waals surface area contributed by atoms with Crippen molar-refractivity contribution < 1.29 is 14.3 Å². The number of halogens is 1. The van der Waals surface area contributed by atoms with Gasteiger partial charge < -0.3 is 9.47 Å². The van der Waals surface area contributed by atoms with E-state index in [2.05, 4.69) is 60.9 Å². The van der Waals surface area contributed by atoms with E-state index in [4.69, 9.17) is 9.47 Å². The normalized spacial score (nSPS) is 37.8. The summed E-state index contributed by atoms with van der Waals surface area (Å²) in [6.07, 6.45) is 3.91. The minimum atomic E-state index is -0.601. The first-order chi connectivity index (χ1) is 10.0. The minimum absolute atomic E-state index is 0.0374. The van der Waals surface area contributed by atoms with Crippen LogP contribution in [0.4, 0.5) is 0 Å². The van der Waals surface area contributed by atoms with Gasteiger partial charge in [-0.25, -0.2) is 0 Å². The molecular weight excluding hydrogens is 395 g/mol. The monoisotopic (exact) mass is 422 g/mol. The first kappa shape index (κ1) is 16.9. The van der Waals surface area contributed by atoms with Crippen molar-refractivity contribution in [2.45, 2.75) is 75.2 Å². The van der Waals surface area contributed by atoms with Gasteiger partial charge in [-0.3, -0.25) is 15.4 Å². The van der Waals surface area contributed by atoms with E-state index in [-0.39, 0.29) is 41.5 Å². The fourth-order valence-corrected chi connectivity index (χ4v) is 4.92. The molecule has 0 aromatic heterocycles. The molecule has 3 fully saturated rings. The summed E-state index contributed by atoms with van der Waals surface area (Å²) >= 11 is 2.17. The molecule has 1 saturated carbocycles. The van der Waals surface area contributed by atoms with E-state index >= 15 is 0 Å². The van der Waals surface area contributed by atoms with Crippen molar-refractivity contribution in [3.63, 3.8) is 0 Å². The summed E-state index contributed by atoms with van der Waals surface area (Å²) in [5, 5.41) is 6.47. The molecule has 1 atom stereocenters. The van der Waals surface area contributed by atoms with Crippen molar-refractivity contribution >= 4 is 28.6 Å². The van der Waals surface area contributed by atoms with Crippen LogP contribution < -0.4 is 10.6 Å². The molecule has 22 heavy (non-hydrogen) atoms. The second-order valence-corrected chi connectivity index (χ2v) is 10.6. The molecular formula is C16H27IN2O3. The summed E-state index contributed by atoms with van der Waals surface area (Å²) in [6, 6.07) is 0. The van der Waals surface area contributed by atoms with E-state index in [0.717, 1.165) is 12.8 Å². The number of hydrogen-bond acceptors (Lipinski definition) is 5. The third kappa shape index (κ3) is 2.59. The minimum Gasteiger partial charge on any atom is -0.437 e. The summed E-state index contributed by atoms with van der Waals surface area (Å²) in [7, 11) is 0. The van der Waals surface area contributed by atoms with Crippen molar-refractivity contribution in [2.24, 2.45) is 10.8 Å². The first-order valence-corrected chi connectivity index (χ1v) is 9.14. The molecule has 0 amide bonds. The van der Waals surface area contributed by atoms with Crippen LogP contribution >= 0.6 is 22.6 Å². The fraction of sp³-hybridized carbons (Fsp3) is 0.938. The van der Waals surface area contributed by atoms with E-state index < -0.39 is 3.42 Å². The van der Waals surface area contributed by atoms with Gasteiger partial charge in [-0.2, -0.15) is 0 Å². The summed E-state index contributed by atoms with van der Waals surface area (Å²) in [5.74, 6) is -0.223. The second kappa shape index (κ2) is 5.04. The SMILES string of the molecule is CC1(C)CCCC(C)(C)C1OCOC(=O)C(C)(I)C12NC1N2. The van der Waals surface area contributed by atoms with Crippen molar-refractivity contribution in [1.82, 2.24) is 10.6 Å². The molecule has 5 nitrogen and oxygen atoms in total. The van der Waals surface area contributed by atoms with Gasteiger partial charge >= 0.3 is 5.97 Å². The molecule has 2 aliphatic heterocycles. The number of alkyl halides is 1. The number of esters is 1. The zero-order valence-corrected chi connectivity index (χ0v) is 16.2. The van der Waals surface area contributed by atoms with E-state index in [9.17, 15) is 4.79 Å². The topological polar surface area (TPSA) is 79.4 Å². The molecule has 0 aromatic carbocycles. The van der Waals surface area contributed by atoms with Gasteiger partial charge in [-0.05, 0) is 30.6 Å². The fourth-order valence-electron chi connectivity index (χ4n) is 4.14. The van der Waals surface area contributed by atoms with Crippen LogP contribution in [0.25, 0.3) is 0 Å². The Bertz CT molecular complexity index is 468.